The van der Waals surface area contributed by atoms with Crippen LogP contribution in [0.4, 0.5) is 4.39 Å². The van der Waals surface area contributed by atoms with E-state index in [2.05, 4.69) is 15.9 Å². The Bertz CT molecular complexity index is 566. The number of carbonyl (C=O) groups excluding carboxylic acids is 1. The maximum absolute atomic E-state index is 13.5. The summed E-state index contributed by atoms with van der Waals surface area (Å²) in [6, 6.07) is 14.1. The summed E-state index contributed by atoms with van der Waals surface area (Å²) in [4.78, 5) is 11.9. The highest BCUT2D eigenvalue weighted by atomic mass is 79.9. The lowest BCUT2D eigenvalue weighted by Gasteiger charge is -2.04. The van der Waals surface area contributed by atoms with E-state index < -0.39 is 0 Å². The topological polar surface area (TPSA) is 17.1 Å². The largest absolute Gasteiger partial charge is 0.294 e. The average molecular weight is 321 g/mol. The van der Waals surface area contributed by atoms with Gasteiger partial charge < -0.3 is 0 Å². The van der Waals surface area contributed by atoms with Gasteiger partial charge in [-0.1, -0.05) is 46.3 Å². The molecule has 0 aliphatic rings. The minimum atomic E-state index is -0.213. The number of ketones is 1. The lowest BCUT2D eigenvalue weighted by atomic mass is 10.0. The lowest BCUT2D eigenvalue weighted by Crippen LogP contribution is -2.00. The van der Waals surface area contributed by atoms with Crippen LogP contribution in [0, 0.1) is 5.82 Å². The smallest absolute Gasteiger partial charge is 0.162 e. The molecule has 0 spiro atoms. The molecule has 0 bridgehead atoms. The fourth-order valence-corrected chi connectivity index (χ4v) is 2.35. The Morgan fingerprint density at radius 3 is 2.58 bits per heavy atom. The van der Waals surface area contributed by atoms with Crippen LogP contribution in [0.2, 0.25) is 0 Å². The van der Waals surface area contributed by atoms with Gasteiger partial charge in [0.25, 0.3) is 0 Å². The minimum absolute atomic E-state index is 0.107. The summed E-state index contributed by atoms with van der Waals surface area (Å²) in [5, 5.41) is 0. The van der Waals surface area contributed by atoms with Crippen molar-refractivity contribution in [2.45, 2.75) is 19.3 Å². The second-order valence-electron chi connectivity index (χ2n) is 4.38. The van der Waals surface area contributed by atoms with E-state index in [9.17, 15) is 9.18 Å². The second kappa shape index (κ2) is 6.62. The van der Waals surface area contributed by atoms with Crippen LogP contribution < -0.4 is 0 Å². The van der Waals surface area contributed by atoms with Crippen molar-refractivity contribution >= 4 is 21.7 Å². The number of hydrogen-bond donors (Lipinski definition) is 0. The summed E-state index contributed by atoms with van der Waals surface area (Å²) in [5.41, 5.74) is 1.37. The molecule has 2 rings (SSSR count). The first kappa shape index (κ1) is 13.9. The molecule has 0 radical (unpaired) electrons. The monoisotopic (exact) mass is 320 g/mol. The number of hydrogen-bond acceptors (Lipinski definition) is 1. The van der Waals surface area contributed by atoms with Crippen molar-refractivity contribution in [1.82, 2.24) is 0 Å². The molecule has 0 saturated heterocycles. The molecule has 2 aromatic carbocycles. The Morgan fingerprint density at radius 2 is 1.84 bits per heavy atom. The van der Waals surface area contributed by atoms with Crippen LogP contribution >= 0.6 is 15.9 Å². The molecule has 98 valence electrons. The van der Waals surface area contributed by atoms with E-state index >= 15 is 0 Å². The van der Waals surface area contributed by atoms with Crippen molar-refractivity contribution < 1.29 is 9.18 Å². The predicted octanol–water partition coefficient (Wildman–Crippen LogP) is 4.79. The van der Waals surface area contributed by atoms with E-state index in [4.69, 9.17) is 0 Å². The average Bonchev–Trinajstić information content (AvgIpc) is 2.43. The van der Waals surface area contributed by atoms with Crippen molar-refractivity contribution in [3.63, 3.8) is 0 Å². The molecule has 0 aliphatic heterocycles. The summed E-state index contributed by atoms with van der Waals surface area (Å²) in [6.45, 7) is 0. The minimum Gasteiger partial charge on any atom is -0.294 e. The first-order valence-electron chi connectivity index (χ1n) is 6.19. The molecule has 0 fully saturated rings. The lowest BCUT2D eigenvalue weighted by molar-refractivity contribution is 0.0980. The van der Waals surface area contributed by atoms with Crippen LogP contribution in [0.5, 0.6) is 0 Å². The Balaban J connectivity index is 1.90. The van der Waals surface area contributed by atoms with E-state index in [0.29, 0.717) is 24.8 Å². The van der Waals surface area contributed by atoms with Crippen molar-refractivity contribution in [2.75, 3.05) is 0 Å². The van der Waals surface area contributed by atoms with E-state index in [1.807, 2.05) is 30.3 Å². The number of carbonyl (C=O) groups is 1. The molecule has 0 atom stereocenters. The molecule has 19 heavy (non-hydrogen) atoms. The summed E-state index contributed by atoms with van der Waals surface area (Å²) in [7, 11) is 0. The molecule has 1 nitrogen and oxygen atoms in total. The van der Waals surface area contributed by atoms with Gasteiger partial charge in [0, 0.05) is 16.5 Å². The first-order valence-corrected chi connectivity index (χ1v) is 6.98. The van der Waals surface area contributed by atoms with Crippen LogP contribution in [0.15, 0.2) is 53.0 Å². The van der Waals surface area contributed by atoms with Gasteiger partial charge >= 0.3 is 0 Å². The predicted molar refractivity (Wildman–Crippen MR) is 77.8 cm³/mol. The number of rotatable bonds is 5. The molecule has 0 saturated carbocycles. The Labute approximate surface area is 120 Å². The van der Waals surface area contributed by atoms with E-state index in [1.165, 1.54) is 6.07 Å². The van der Waals surface area contributed by atoms with Gasteiger partial charge in [0.2, 0.25) is 0 Å². The molecule has 0 unspecified atom stereocenters. The third kappa shape index (κ3) is 4.00. The Hall–Kier alpha value is -1.48. The molecule has 0 N–H and O–H groups in total. The maximum atomic E-state index is 13.5. The zero-order valence-electron chi connectivity index (χ0n) is 10.4. The SMILES string of the molecule is O=C(CCCc1cc(Br)ccc1F)c1ccccc1. The van der Waals surface area contributed by atoms with Crippen molar-refractivity contribution in [3.8, 4) is 0 Å². The highest BCUT2D eigenvalue weighted by molar-refractivity contribution is 9.10. The molecule has 2 aromatic rings. The van der Waals surface area contributed by atoms with E-state index in [-0.39, 0.29) is 11.6 Å². The first-order chi connectivity index (χ1) is 9.16. The Morgan fingerprint density at radius 1 is 1.11 bits per heavy atom. The quantitative estimate of drug-likeness (QED) is 0.723. The third-order valence-corrected chi connectivity index (χ3v) is 3.45. The van der Waals surface area contributed by atoms with Gasteiger partial charge in [-0.15, -0.1) is 0 Å². The number of aryl methyl sites for hydroxylation is 1. The van der Waals surface area contributed by atoms with Gasteiger partial charge in [0.05, 0.1) is 0 Å². The fraction of sp³-hybridized carbons (Fsp3) is 0.188. The highest BCUT2D eigenvalue weighted by Gasteiger charge is 2.07. The maximum Gasteiger partial charge on any atom is 0.162 e. The second-order valence-corrected chi connectivity index (χ2v) is 5.29. The summed E-state index contributed by atoms with van der Waals surface area (Å²) < 4.78 is 14.4. The summed E-state index contributed by atoms with van der Waals surface area (Å²) >= 11 is 3.32. The van der Waals surface area contributed by atoms with Gasteiger partial charge in [-0.25, -0.2) is 4.39 Å². The fourth-order valence-electron chi connectivity index (χ4n) is 1.94. The van der Waals surface area contributed by atoms with Gasteiger partial charge in [-0.3, -0.25) is 4.79 Å². The van der Waals surface area contributed by atoms with Crippen molar-refractivity contribution in [2.24, 2.45) is 0 Å². The third-order valence-electron chi connectivity index (χ3n) is 2.95. The van der Waals surface area contributed by atoms with Crippen LogP contribution in [-0.4, -0.2) is 5.78 Å². The van der Waals surface area contributed by atoms with E-state index in [0.717, 1.165) is 10.0 Å². The van der Waals surface area contributed by atoms with Gasteiger partial charge in [0.1, 0.15) is 5.82 Å². The van der Waals surface area contributed by atoms with Crippen LogP contribution in [-0.2, 0) is 6.42 Å². The highest BCUT2D eigenvalue weighted by Crippen LogP contribution is 2.18. The molecular weight excluding hydrogens is 307 g/mol. The summed E-state index contributed by atoms with van der Waals surface area (Å²) in [6.07, 6.45) is 1.67. The molecule has 0 amide bonds. The normalized spacial score (nSPS) is 10.4. The van der Waals surface area contributed by atoms with Crippen LogP contribution in [0.1, 0.15) is 28.8 Å². The van der Waals surface area contributed by atoms with E-state index in [1.54, 1.807) is 12.1 Å². The Kier molecular flexibility index (Phi) is 4.86. The number of benzene rings is 2. The molecule has 0 heterocycles. The van der Waals surface area contributed by atoms with Gasteiger partial charge in [-0.2, -0.15) is 0 Å². The number of halogens is 2. The number of Topliss-reactive ketones (excluding diaryl/α,β-unsaturated/α-hetero) is 1. The molecule has 0 aromatic heterocycles. The zero-order valence-corrected chi connectivity index (χ0v) is 12.0. The molecule has 0 aliphatic carbocycles. The van der Waals surface area contributed by atoms with Crippen LogP contribution in [0.3, 0.4) is 0 Å². The molecule has 3 heteroatoms. The van der Waals surface area contributed by atoms with Gasteiger partial charge in [-0.05, 0) is 36.6 Å². The summed E-state index contributed by atoms with van der Waals surface area (Å²) in [5.74, 6) is -0.105. The van der Waals surface area contributed by atoms with Gasteiger partial charge in [0.15, 0.2) is 5.78 Å². The molecular formula is C16H14BrFO. The van der Waals surface area contributed by atoms with Crippen LogP contribution in [0.25, 0.3) is 0 Å². The standard InChI is InChI=1S/C16H14BrFO/c17-14-9-10-15(18)13(11-14)7-4-8-16(19)12-5-2-1-3-6-12/h1-3,5-6,9-11H,4,7-8H2. The van der Waals surface area contributed by atoms with Crippen molar-refractivity contribution in [3.05, 3.63) is 69.9 Å². The van der Waals surface area contributed by atoms with Crippen molar-refractivity contribution in [1.29, 1.82) is 0 Å². The zero-order chi connectivity index (χ0) is 13.7.